The minimum absolute atomic E-state index is 0.361. The number of para-hydroxylation sites is 1. The van der Waals surface area contributed by atoms with E-state index in [2.05, 4.69) is 0 Å². The van der Waals surface area contributed by atoms with Crippen molar-refractivity contribution in [1.82, 2.24) is 0 Å². The van der Waals surface area contributed by atoms with Crippen LogP contribution in [0.15, 0.2) is 60.3 Å². The number of aryl methyl sites for hydroxylation is 1. The van der Waals surface area contributed by atoms with E-state index in [0.717, 1.165) is 16.9 Å². The van der Waals surface area contributed by atoms with Crippen molar-refractivity contribution in [1.29, 1.82) is 0 Å². The van der Waals surface area contributed by atoms with Crippen molar-refractivity contribution in [2.24, 2.45) is 0 Å². The molecule has 0 atom stereocenters. The van der Waals surface area contributed by atoms with Crippen LogP contribution >= 0.6 is 0 Å². The highest BCUT2D eigenvalue weighted by molar-refractivity contribution is 6.55. The first-order chi connectivity index (χ1) is 13.2. The van der Waals surface area contributed by atoms with Crippen molar-refractivity contribution in [3.8, 4) is 5.75 Å². The summed E-state index contributed by atoms with van der Waals surface area (Å²) < 4.78 is 33.2. The lowest BCUT2D eigenvalue weighted by atomic mass is 9.81. The summed E-state index contributed by atoms with van der Waals surface area (Å²) in [6.07, 6.45) is 0.411. The van der Waals surface area contributed by atoms with Crippen LogP contribution in [-0.2, 0) is 9.31 Å². The van der Waals surface area contributed by atoms with Crippen LogP contribution in [0.25, 0.3) is 5.57 Å². The number of hydrogen-bond donors (Lipinski definition) is 0. The predicted octanol–water partition coefficient (Wildman–Crippen LogP) is 5.78. The van der Waals surface area contributed by atoms with Gasteiger partial charge in [0.05, 0.1) is 17.8 Å². The maximum Gasteiger partial charge on any atom is 0.525 e. The molecule has 0 radical (unpaired) electrons. The molecule has 0 aromatic heterocycles. The van der Waals surface area contributed by atoms with Crippen molar-refractivity contribution < 1.29 is 18.4 Å². The average molecular weight is 382 g/mol. The van der Waals surface area contributed by atoms with Crippen molar-refractivity contribution in [2.45, 2.75) is 52.2 Å². The molecule has 148 valence electrons. The lowest BCUT2D eigenvalue weighted by Crippen LogP contribution is -2.41. The fourth-order valence-electron chi connectivity index (χ4n) is 3.11. The third kappa shape index (κ3) is 4.48. The number of ether oxygens (including phenoxy) is 1. The van der Waals surface area contributed by atoms with Crippen molar-refractivity contribution in [2.75, 3.05) is 6.61 Å². The van der Waals surface area contributed by atoms with Crippen molar-refractivity contribution >= 4 is 12.7 Å². The summed E-state index contributed by atoms with van der Waals surface area (Å²) in [4.78, 5) is 0. The maximum absolute atomic E-state index is 15.6. The van der Waals surface area contributed by atoms with E-state index in [0.29, 0.717) is 18.6 Å². The fourth-order valence-corrected chi connectivity index (χ4v) is 3.11. The Bertz CT molecular complexity index is 830. The zero-order valence-electron chi connectivity index (χ0n) is 17.3. The van der Waals surface area contributed by atoms with E-state index < -0.39 is 18.3 Å². The molecule has 1 aliphatic rings. The number of hydrogen-bond acceptors (Lipinski definition) is 3. The second kappa shape index (κ2) is 8.10. The predicted molar refractivity (Wildman–Crippen MR) is 112 cm³/mol. The van der Waals surface area contributed by atoms with Gasteiger partial charge in [-0.1, -0.05) is 48.0 Å². The topological polar surface area (TPSA) is 27.7 Å². The highest BCUT2D eigenvalue weighted by Gasteiger charge is 2.53. The Hall–Kier alpha value is -2.11. The number of halogens is 1. The minimum Gasteiger partial charge on any atom is -0.493 e. The lowest BCUT2D eigenvalue weighted by molar-refractivity contribution is 0.00578. The first-order valence-corrected chi connectivity index (χ1v) is 9.69. The lowest BCUT2D eigenvalue weighted by Gasteiger charge is -2.32. The third-order valence-corrected chi connectivity index (χ3v) is 5.48. The normalized spacial score (nSPS) is 18.7. The largest absolute Gasteiger partial charge is 0.525 e. The molecule has 0 aliphatic carbocycles. The zero-order chi connectivity index (χ0) is 20.4. The Balaban J connectivity index is 1.86. The van der Waals surface area contributed by atoms with Gasteiger partial charge in [0.1, 0.15) is 11.5 Å². The van der Waals surface area contributed by atoms with E-state index >= 15 is 4.39 Å². The molecular formula is C23H28BFO3. The van der Waals surface area contributed by atoms with Crippen LogP contribution in [0, 0.1) is 6.92 Å². The molecule has 0 saturated carbocycles. The van der Waals surface area contributed by atoms with E-state index in [1.165, 1.54) is 0 Å². The highest BCUT2D eigenvalue weighted by atomic mass is 19.1. The first-order valence-electron chi connectivity index (χ1n) is 9.69. The molecule has 5 heteroatoms. The minimum atomic E-state index is -1.02. The van der Waals surface area contributed by atoms with Gasteiger partial charge in [-0.05, 0) is 57.9 Å². The summed E-state index contributed by atoms with van der Waals surface area (Å²) in [5.74, 6) is 0.766. The van der Waals surface area contributed by atoms with Gasteiger partial charge in [-0.3, -0.25) is 0 Å². The smallest absolute Gasteiger partial charge is 0.493 e. The molecule has 3 nitrogen and oxygen atoms in total. The summed E-state index contributed by atoms with van der Waals surface area (Å²) in [6, 6.07) is 17.4. The van der Waals surface area contributed by atoms with Gasteiger partial charge in [-0.15, -0.1) is 0 Å². The van der Waals surface area contributed by atoms with Gasteiger partial charge >= 0.3 is 7.12 Å². The number of benzene rings is 2. The van der Waals surface area contributed by atoms with Crippen LogP contribution in [0.2, 0.25) is 0 Å². The zero-order valence-corrected chi connectivity index (χ0v) is 17.3. The van der Waals surface area contributed by atoms with E-state index in [1.54, 1.807) is 0 Å². The summed E-state index contributed by atoms with van der Waals surface area (Å²) in [7, 11) is -1.02. The van der Waals surface area contributed by atoms with Gasteiger partial charge in [-0.25, -0.2) is 4.39 Å². The molecule has 0 spiro atoms. The van der Waals surface area contributed by atoms with Crippen molar-refractivity contribution in [3.63, 3.8) is 0 Å². The number of rotatable bonds is 6. The molecule has 1 heterocycles. The van der Waals surface area contributed by atoms with Gasteiger partial charge < -0.3 is 14.0 Å². The summed E-state index contributed by atoms with van der Waals surface area (Å²) in [5, 5.41) is 0. The SMILES string of the molecule is Cc1cccc(C(CCOc2ccccc2)=C(F)B2OC(C)(C)C(C)(C)O2)c1. The van der Waals surface area contributed by atoms with Crippen LogP contribution in [0.1, 0.15) is 45.2 Å². The maximum atomic E-state index is 15.6. The van der Waals surface area contributed by atoms with E-state index in [4.69, 9.17) is 14.0 Å². The Kier molecular flexibility index (Phi) is 5.97. The molecule has 2 aromatic rings. The quantitative estimate of drug-likeness (QED) is 0.593. The summed E-state index contributed by atoms with van der Waals surface area (Å²) in [5.41, 5.74) is 0.879. The molecule has 28 heavy (non-hydrogen) atoms. The third-order valence-electron chi connectivity index (χ3n) is 5.48. The van der Waals surface area contributed by atoms with E-state index in [1.807, 2.05) is 89.2 Å². The molecule has 0 bridgehead atoms. The molecule has 1 saturated heterocycles. The molecular weight excluding hydrogens is 354 g/mol. The molecule has 1 fully saturated rings. The molecule has 2 aromatic carbocycles. The van der Waals surface area contributed by atoms with Gasteiger partial charge in [0, 0.05) is 6.42 Å². The molecule has 0 amide bonds. The average Bonchev–Trinajstić information content (AvgIpc) is 2.87. The Morgan fingerprint density at radius 3 is 2.21 bits per heavy atom. The fraction of sp³-hybridized carbons (Fsp3) is 0.391. The Morgan fingerprint density at radius 2 is 1.61 bits per heavy atom. The second-order valence-electron chi connectivity index (χ2n) is 8.20. The summed E-state index contributed by atoms with van der Waals surface area (Å²) >= 11 is 0. The van der Waals surface area contributed by atoms with E-state index in [9.17, 15) is 0 Å². The Morgan fingerprint density at radius 1 is 0.964 bits per heavy atom. The van der Waals surface area contributed by atoms with Crippen LogP contribution < -0.4 is 4.74 Å². The summed E-state index contributed by atoms with van der Waals surface area (Å²) in [6.45, 7) is 10.0. The van der Waals surface area contributed by atoms with Gasteiger partial charge in [0.2, 0.25) is 0 Å². The van der Waals surface area contributed by atoms with E-state index in [-0.39, 0.29) is 5.73 Å². The monoisotopic (exact) mass is 382 g/mol. The highest BCUT2D eigenvalue weighted by Crippen LogP contribution is 2.40. The van der Waals surface area contributed by atoms with Crippen molar-refractivity contribution in [3.05, 3.63) is 71.5 Å². The van der Waals surface area contributed by atoms with Crippen LogP contribution in [-0.4, -0.2) is 24.9 Å². The van der Waals surface area contributed by atoms with Gasteiger partial charge in [0.15, 0.2) is 0 Å². The van der Waals surface area contributed by atoms with Crippen LogP contribution in [0.5, 0.6) is 5.75 Å². The Labute approximate surface area is 167 Å². The van der Waals surface area contributed by atoms with Gasteiger partial charge in [0.25, 0.3) is 0 Å². The standard InChI is InChI=1S/C23H28BFO3/c1-17-10-9-11-18(16-17)20(14-15-26-19-12-7-6-8-13-19)21(25)24-27-22(2,3)23(4,5)28-24/h6-13,16H,14-15H2,1-5H3. The van der Waals surface area contributed by atoms with Crippen LogP contribution in [0.3, 0.4) is 0 Å². The second-order valence-corrected chi connectivity index (χ2v) is 8.20. The molecule has 0 N–H and O–H groups in total. The molecule has 1 aliphatic heterocycles. The van der Waals surface area contributed by atoms with Crippen LogP contribution in [0.4, 0.5) is 4.39 Å². The molecule has 0 unspecified atom stereocenters. The van der Waals surface area contributed by atoms with Gasteiger partial charge in [-0.2, -0.15) is 0 Å². The first kappa shape index (κ1) is 20.6. The molecule has 3 rings (SSSR count).